The lowest BCUT2D eigenvalue weighted by Gasteiger charge is -2.08. The molecule has 0 bridgehead atoms. The lowest BCUT2D eigenvalue weighted by molar-refractivity contribution is 0.644. The van der Waals surface area contributed by atoms with Gasteiger partial charge in [-0.3, -0.25) is 5.10 Å². The molecule has 5 nitrogen and oxygen atoms in total. The number of nitrogens with one attached hydrogen (secondary N) is 2. The third-order valence-corrected chi connectivity index (χ3v) is 3.41. The molecule has 0 atom stereocenters. The molecule has 1 fully saturated rings. The molecular weight excluding hydrogens is 226 g/mol. The van der Waals surface area contributed by atoms with Crippen molar-refractivity contribution in [3.63, 3.8) is 0 Å². The van der Waals surface area contributed by atoms with Crippen LogP contribution in [0.5, 0.6) is 0 Å². The molecule has 3 rings (SSSR count). The molecule has 96 valence electrons. The first kappa shape index (κ1) is 11.3. The van der Waals surface area contributed by atoms with E-state index in [-0.39, 0.29) is 0 Å². The van der Waals surface area contributed by atoms with Gasteiger partial charge in [0.15, 0.2) is 0 Å². The quantitative estimate of drug-likeness (QED) is 0.819. The Morgan fingerprint density at radius 1 is 1.50 bits per heavy atom. The van der Waals surface area contributed by atoms with E-state index in [2.05, 4.69) is 32.0 Å². The van der Waals surface area contributed by atoms with Gasteiger partial charge in [-0.15, -0.1) is 0 Å². The first-order valence-electron chi connectivity index (χ1n) is 6.59. The number of aryl methyl sites for hydroxylation is 3. The summed E-state index contributed by atoms with van der Waals surface area (Å²) in [6.07, 6.45) is 10.6. The Kier molecular flexibility index (Phi) is 3.04. The molecule has 0 aromatic carbocycles. The monoisotopic (exact) mass is 245 g/mol. The normalized spacial score (nSPS) is 14.9. The van der Waals surface area contributed by atoms with Crippen LogP contribution in [0.4, 0.5) is 5.95 Å². The van der Waals surface area contributed by atoms with Crippen LogP contribution < -0.4 is 5.32 Å². The number of aromatic amines is 1. The molecule has 1 saturated carbocycles. The van der Waals surface area contributed by atoms with E-state index in [9.17, 15) is 0 Å². The Morgan fingerprint density at radius 2 is 2.39 bits per heavy atom. The van der Waals surface area contributed by atoms with Gasteiger partial charge in [0.1, 0.15) is 0 Å². The van der Waals surface area contributed by atoms with Crippen LogP contribution in [0.1, 0.15) is 30.5 Å². The van der Waals surface area contributed by atoms with Gasteiger partial charge in [-0.05, 0) is 38.2 Å². The Hall–Kier alpha value is -1.78. The smallest absolute Gasteiger partial charge is 0.202 e. The maximum absolute atomic E-state index is 4.36. The van der Waals surface area contributed by atoms with E-state index in [1.807, 2.05) is 18.6 Å². The SMILES string of the molecule is Cc1[nH]ncc1CCCn1ccnc1NC1CC1. The van der Waals surface area contributed by atoms with Crippen LogP contribution in [0.25, 0.3) is 0 Å². The van der Waals surface area contributed by atoms with Crippen molar-refractivity contribution >= 4 is 5.95 Å². The summed E-state index contributed by atoms with van der Waals surface area (Å²) >= 11 is 0. The summed E-state index contributed by atoms with van der Waals surface area (Å²) in [5.74, 6) is 1.02. The van der Waals surface area contributed by atoms with Crippen molar-refractivity contribution < 1.29 is 0 Å². The van der Waals surface area contributed by atoms with Crippen LogP contribution in [0.2, 0.25) is 0 Å². The van der Waals surface area contributed by atoms with Gasteiger partial charge in [0.05, 0.1) is 6.20 Å². The molecule has 0 spiro atoms. The fraction of sp³-hybridized carbons (Fsp3) is 0.538. The number of hydrogen-bond donors (Lipinski definition) is 2. The predicted octanol–water partition coefficient (Wildman–Crippen LogP) is 2.12. The summed E-state index contributed by atoms with van der Waals surface area (Å²) in [5.41, 5.74) is 2.49. The zero-order chi connectivity index (χ0) is 12.4. The van der Waals surface area contributed by atoms with E-state index >= 15 is 0 Å². The highest BCUT2D eigenvalue weighted by Crippen LogP contribution is 2.23. The minimum absolute atomic E-state index is 0.655. The molecule has 2 heterocycles. The standard InChI is InChI=1S/C13H19N5/c1-10-11(9-15-17-10)3-2-7-18-8-6-14-13(18)16-12-4-5-12/h6,8-9,12H,2-5,7H2,1H3,(H,14,16)(H,15,17). The average molecular weight is 245 g/mol. The van der Waals surface area contributed by atoms with Gasteiger partial charge in [-0.25, -0.2) is 4.98 Å². The van der Waals surface area contributed by atoms with Crippen molar-refractivity contribution in [3.8, 4) is 0 Å². The first-order valence-corrected chi connectivity index (χ1v) is 6.59. The van der Waals surface area contributed by atoms with E-state index in [1.165, 1.54) is 24.1 Å². The summed E-state index contributed by atoms with van der Waals surface area (Å²) in [6, 6.07) is 0.655. The second-order valence-corrected chi connectivity index (χ2v) is 4.99. The third kappa shape index (κ3) is 2.55. The lowest BCUT2D eigenvalue weighted by Crippen LogP contribution is -2.09. The predicted molar refractivity (Wildman–Crippen MR) is 70.5 cm³/mol. The molecule has 1 aliphatic rings. The zero-order valence-electron chi connectivity index (χ0n) is 10.7. The molecule has 0 amide bonds. The number of aromatic nitrogens is 4. The van der Waals surface area contributed by atoms with Crippen molar-refractivity contribution in [1.29, 1.82) is 0 Å². The fourth-order valence-electron chi connectivity index (χ4n) is 2.11. The summed E-state index contributed by atoms with van der Waals surface area (Å²) < 4.78 is 2.20. The second-order valence-electron chi connectivity index (χ2n) is 4.99. The molecule has 1 aliphatic carbocycles. The lowest BCUT2D eigenvalue weighted by atomic mass is 10.1. The van der Waals surface area contributed by atoms with Gasteiger partial charge in [0, 0.05) is 30.7 Å². The topological polar surface area (TPSA) is 58.5 Å². The van der Waals surface area contributed by atoms with Gasteiger partial charge in [0.25, 0.3) is 0 Å². The van der Waals surface area contributed by atoms with Crippen LogP contribution in [0.15, 0.2) is 18.6 Å². The molecule has 18 heavy (non-hydrogen) atoms. The Balaban J connectivity index is 1.53. The second kappa shape index (κ2) is 4.84. The fourth-order valence-corrected chi connectivity index (χ4v) is 2.11. The van der Waals surface area contributed by atoms with Crippen LogP contribution in [-0.4, -0.2) is 25.8 Å². The van der Waals surface area contributed by atoms with Gasteiger partial charge >= 0.3 is 0 Å². The van der Waals surface area contributed by atoms with Crippen molar-refractivity contribution in [2.75, 3.05) is 5.32 Å². The van der Waals surface area contributed by atoms with Crippen LogP contribution in [0, 0.1) is 6.92 Å². The highest BCUT2D eigenvalue weighted by molar-refractivity contribution is 5.29. The van der Waals surface area contributed by atoms with Gasteiger partial charge < -0.3 is 9.88 Å². The molecule has 0 saturated heterocycles. The third-order valence-electron chi connectivity index (χ3n) is 3.41. The number of H-pyrrole nitrogens is 1. The van der Waals surface area contributed by atoms with Crippen molar-refractivity contribution in [2.24, 2.45) is 0 Å². The largest absolute Gasteiger partial charge is 0.353 e. The Morgan fingerprint density at radius 3 is 3.11 bits per heavy atom. The maximum Gasteiger partial charge on any atom is 0.202 e. The van der Waals surface area contributed by atoms with E-state index in [0.717, 1.165) is 25.3 Å². The molecule has 2 aromatic heterocycles. The molecule has 0 aliphatic heterocycles. The van der Waals surface area contributed by atoms with Gasteiger partial charge in [-0.2, -0.15) is 5.10 Å². The van der Waals surface area contributed by atoms with Crippen LogP contribution >= 0.6 is 0 Å². The summed E-state index contributed by atoms with van der Waals surface area (Å²) in [7, 11) is 0. The number of anilines is 1. The molecule has 0 unspecified atom stereocenters. The first-order chi connectivity index (χ1) is 8.83. The zero-order valence-corrected chi connectivity index (χ0v) is 10.7. The van der Waals surface area contributed by atoms with E-state index < -0.39 is 0 Å². The highest BCUT2D eigenvalue weighted by Gasteiger charge is 2.22. The average Bonchev–Trinajstić information content (AvgIpc) is 2.92. The van der Waals surface area contributed by atoms with E-state index in [0.29, 0.717) is 6.04 Å². The summed E-state index contributed by atoms with van der Waals surface area (Å²) in [6.45, 7) is 3.07. The Labute approximate surface area is 107 Å². The molecule has 0 radical (unpaired) electrons. The van der Waals surface area contributed by atoms with Gasteiger partial charge in [-0.1, -0.05) is 0 Å². The Bertz CT molecular complexity index is 509. The summed E-state index contributed by atoms with van der Waals surface area (Å²) in [5, 5.41) is 10.5. The number of imidazole rings is 1. The molecule has 2 N–H and O–H groups in total. The van der Waals surface area contributed by atoms with Gasteiger partial charge in [0.2, 0.25) is 5.95 Å². The van der Waals surface area contributed by atoms with E-state index in [1.54, 1.807) is 0 Å². The van der Waals surface area contributed by atoms with Crippen LogP contribution in [0.3, 0.4) is 0 Å². The molecule has 5 heteroatoms. The molecule has 2 aromatic rings. The number of rotatable bonds is 6. The molecular formula is C13H19N5. The maximum atomic E-state index is 4.36. The van der Waals surface area contributed by atoms with Crippen molar-refractivity contribution in [3.05, 3.63) is 29.8 Å². The minimum atomic E-state index is 0.655. The van der Waals surface area contributed by atoms with Crippen molar-refractivity contribution in [1.82, 2.24) is 19.7 Å². The van der Waals surface area contributed by atoms with Crippen LogP contribution in [-0.2, 0) is 13.0 Å². The minimum Gasteiger partial charge on any atom is -0.353 e. The van der Waals surface area contributed by atoms with E-state index in [4.69, 9.17) is 0 Å². The van der Waals surface area contributed by atoms with Crippen molar-refractivity contribution in [2.45, 2.75) is 45.2 Å². The highest BCUT2D eigenvalue weighted by atomic mass is 15.2. The number of hydrogen-bond acceptors (Lipinski definition) is 3. The summed E-state index contributed by atoms with van der Waals surface area (Å²) in [4.78, 5) is 4.36. The number of nitrogens with zero attached hydrogens (tertiary/aromatic N) is 3.